The van der Waals surface area contributed by atoms with Crippen molar-refractivity contribution in [1.82, 2.24) is 10.2 Å². The van der Waals surface area contributed by atoms with Crippen molar-refractivity contribution in [3.63, 3.8) is 0 Å². The van der Waals surface area contributed by atoms with Crippen molar-refractivity contribution in [2.24, 2.45) is 5.92 Å². The Morgan fingerprint density at radius 1 is 1.00 bits per heavy atom. The third-order valence-corrected chi connectivity index (χ3v) is 6.29. The van der Waals surface area contributed by atoms with Crippen LogP contribution in [0.2, 0.25) is 0 Å². The van der Waals surface area contributed by atoms with Gasteiger partial charge in [-0.05, 0) is 37.3 Å². The monoisotopic (exact) mass is 402 g/mol. The molecule has 2 aliphatic rings. The van der Waals surface area contributed by atoms with E-state index in [0.717, 1.165) is 25.2 Å². The number of methoxy groups -OCH3 is 2. The van der Waals surface area contributed by atoms with Gasteiger partial charge in [0, 0.05) is 25.6 Å². The number of rotatable bonds is 7. The minimum Gasteiger partial charge on any atom is -0.496 e. The van der Waals surface area contributed by atoms with Crippen LogP contribution in [-0.4, -0.2) is 50.1 Å². The van der Waals surface area contributed by atoms with E-state index in [0.29, 0.717) is 36.6 Å². The maximum absolute atomic E-state index is 13.0. The van der Waals surface area contributed by atoms with Crippen molar-refractivity contribution in [3.8, 4) is 11.5 Å². The Bertz CT molecular complexity index is 670. The van der Waals surface area contributed by atoms with Gasteiger partial charge < -0.3 is 19.7 Å². The molecule has 0 radical (unpaired) electrons. The highest BCUT2D eigenvalue weighted by molar-refractivity contribution is 5.99. The number of ether oxygens (including phenoxy) is 2. The predicted molar refractivity (Wildman–Crippen MR) is 112 cm³/mol. The molecule has 0 bridgehead atoms. The second-order valence-corrected chi connectivity index (χ2v) is 8.21. The molecular weight excluding hydrogens is 368 g/mol. The van der Waals surface area contributed by atoms with Gasteiger partial charge in [-0.25, -0.2) is 0 Å². The van der Waals surface area contributed by atoms with Crippen molar-refractivity contribution in [2.75, 3.05) is 27.3 Å². The van der Waals surface area contributed by atoms with E-state index in [1.165, 1.54) is 32.1 Å². The van der Waals surface area contributed by atoms with Gasteiger partial charge in [-0.3, -0.25) is 9.59 Å². The van der Waals surface area contributed by atoms with Crippen molar-refractivity contribution >= 4 is 11.8 Å². The van der Waals surface area contributed by atoms with E-state index in [4.69, 9.17) is 9.47 Å². The lowest BCUT2D eigenvalue weighted by molar-refractivity contribution is -0.122. The number of hydrogen-bond donors (Lipinski definition) is 1. The Balaban J connectivity index is 1.48. The van der Waals surface area contributed by atoms with Gasteiger partial charge in [0.15, 0.2) is 0 Å². The summed E-state index contributed by atoms with van der Waals surface area (Å²) in [6, 6.07) is 5.51. The van der Waals surface area contributed by atoms with Gasteiger partial charge in [0.2, 0.25) is 5.91 Å². The lowest BCUT2D eigenvalue weighted by atomic mass is 9.86. The largest absolute Gasteiger partial charge is 0.496 e. The molecule has 1 aliphatic heterocycles. The molecule has 1 aromatic rings. The van der Waals surface area contributed by atoms with Crippen LogP contribution in [0, 0.1) is 5.92 Å². The summed E-state index contributed by atoms with van der Waals surface area (Å²) in [4.78, 5) is 27.2. The Kier molecular flexibility index (Phi) is 7.78. The molecule has 1 aliphatic carbocycles. The minimum absolute atomic E-state index is 0.0821. The van der Waals surface area contributed by atoms with Gasteiger partial charge in [-0.15, -0.1) is 0 Å². The molecule has 0 aromatic heterocycles. The molecule has 6 heteroatoms. The van der Waals surface area contributed by atoms with Gasteiger partial charge in [-0.2, -0.15) is 0 Å². The summed E-state index contributed by atoms with van der Waals surface area (Å²) < 4.78 is 10.7. The highest BCUT2D eigenvalue weighted by Gasteiger charge is 2.28. The minimum atomic E-state index is -0.0821. The van der Waals surface area contributed by atoms with E-state index in [1.807, 2.05) is 11.0 Å². The molecule has 1 heterocycles. The molecule has 0 unspecified atom stereocenters. The Morgan fingerprint density at radius 3 is 2.21 bits per heavy atom. The lowest BCUT2D eigenvalue weighted by Gasteiger charge is -2.33. The lowest BCUT2D eigenvalue weighted by Crippen LogP contribution is -2.46. The highest BCUT2D eigenvalue weighted by Crippen LogP contribution is 2.30. The van der Waals surface area contributed by atoms with Crippen LogP contribution in [0.4, 0.5) is 0 Å². The first-order chi connectivity index (χ1) is 14.1. The molecule has 0 spiro atoms. The Labute approximate surface area is 173 Å². The maximum atomic E-state index is 13.0. The standard InChI is InChI=1S/C23H34N2O4/c1-28-19-9-6-10-20(29-2)22(19)23(27)25-15-13-18(14-16-25)24-21(26)12-11-17-7-4-3-5-8-17/h6,9-10,17-18H,3-5,7-8,11-16H2,1-2H3,(H,24,26). The van der Waals surface area contributed by atoms with Gasteiger partial charge >= 0.3 is 0 Å². The van der Waals surface area contributed by atoms with Crippen LogP contribution in [-0.2, 0) is 4.79 Å². The van der Waals surface area contributed by atoms with E-state index in [-0.39, 0.29) is 17.9 Å². The van der Waals surface area contributed by atoms with Crippen LogP contribution in [0.15, 0.2) is 18.2 Å². The number of hydrogen-bond acceptors (Lipinski definition) is 4. The van der Waals surface area contributed by atoms with Crippen LogP contribution >= 0.6 is 0 Å². The number of carbonyl (C=O) groups is 2. The smallest absolute Gasteiger partial charge is 0.261 e. The topological polar surface area (TPSA) is 67.9 Å². The summed E-state index contributed by atoms with van der Waals surface area (Å²) in [5, 5.41) is 3.18. The molecule has 2 fully saturated rings. The second kappa shape index (κ2) is 10.5. The fourth-order valence-electron chi connectivity index (χ4n) is 4.56. The van der Waals surface area contributed by atoms with Crippen LogP contribution in [0.1, 0.15) is 68.1 Å². The zero-order valence-electron chi connectivity index (χ0n) is 17.7. The molecule has 1 saturated heterocycles. The molecule has 2 amide bonds. The zero-order chi connectivity index (χ0) is 20.6. The molecule has 1 saturated carbocycles. The fourth-order valence-corrected chi connectivity index (χ4v) is 4.56. The molecule has 3 rings (SSSR count). The average molecular weight is 403 g/mol. The van der Waals surface area contributed by atoms with E-state index >= 15 is 0 Å². The molecule has 1 N–H and O–H groups in total. The fraction of sp³-hybridized carbons (Fsp3) is 0.652. The number of nitrogens with zero attached hydrogens (tertiary/aromatic N) is 1. The van der Waals surface area contributed by atoms with Gasteiger partial charge in [0.05, 0.1) is 14.2 Å². The predicted octanol–water partition coefficient (Wildman–Crippen LogP) is 3.79. The van der Waals surface area contributed by atoms with Crippen molar-refractivity contribution < 1.29 is 19.1 Å². The number of nitrogens with one attached hydrogen (secondary N) is 1. The SMILES string of the molecule is COc1cccc(OC)c1C(=O)N1CCC(NC(=O)CCC2CCCCC2)CC1. The Hall–Kier alpha value is -2.24. The van der Waals surface area contributed by atoms with E-state index in [1.54, 1.807) is 26.4 Å². The summed E-state index contributed by atoms with van der Waals surface area (Å²) >= 11 is 0. The quantitative estimate of drug-likeness (QED) is 0.754. The summed E-state index contributed by atoms with van der Waals surface area (Å²) in [5.41, 5.74) is 0.465. The molecule has 1 aromatic carbocycles. The van der Waals surface area contributed by atoms with E-state index in [9.17, 15) is 9.59 Å². The van der Waals surface area contributed by atoms with Crippen molar-refractivity contribution in [2.45, 2.75) is 63.8 Å². The molecule has 0 atom stereocenters. The highest BCUT2D eigenvalue weighted by atomic mass is 16.5. The normalized spacial score (nSPS) is 18.3. The van der Waals surface area contributed by atoms with Crippen LogP contribution in [0.3, 0.4) is 0 Å². The van der Waals surface area contributed by atoms with Crippen LogP contribution in [0.25, 0.3) is 0 Å². The van der Waals surface area contributed by atoms with Gasteiger partial charge in [0.25, 0.3) is 5.91 Å². The average Bonchev–Trinajstić information content (AvgIpc) is 2.77. The van der Waals surface area contributed by atoms with Gasteiger partial charge in [0.1, 0.15) is 17.1 Å². The number of carbonyl (C=O) groups excluding carboxylic acids is 2. The van der Waals surface area contributed by atoms with E-state index < -0.39 is 0 Å². The molecular formula is C23H34N2O4. The first-order valence-corrected chi connectivity index (χ1v) is 10.9. The summed E-state index contributed by atoms with van der Waals surface area (Å²) in [7, 11) is 3.11. The first-order valence-electron chi connectivity index (χ1n) is 10.9. The summed E-state index contributed by atoms with van der Waals surface area (Å²) in [6.07, 6.45) is 9.72. The molecule has 160 valence electrons. The molecule has 29 heavy (non-hydrogen) atoms. The second-order valence-electron chi connectivity index (χ2n) is 8.21. The summed E-state index contributed by atoms with van der Waals surface area (Å²) in [5.74, 6) is 1.85. The summed E-state index contributed by atoms with van der Waals surface area (Å²) in [6.45, 7) is 1.24. The van der Waals surface area contributed by atoms with Crippen LogP contribution < -0.4 is 14.8 Å². The van der Waals surface area contributed by atoms with E-state index in [2.05, 4.69) is 5.32 Å². The zero-order valence-corrected chi connectivity index (χ0v) is 17.7. The number of benzene rings is 1. The van der Waals surface area contributed by atoms with Crippen LogP contribution in [0.5, 0.6) is 11.5 Å². The first kappa shape index (κ1) is 21.5. The third kappa shape index (κ3) is 5.64. The Morgan fingerprint density at radius 2 is 1.62 bits per heavy atom. The number of amides is 2. The van der Waals surface area contributed by atoms with Crippen molar-refractivity contribution in [1.29, 1.82) is 0 Å². The third-order valence-electron chi connectivity index (χ3n) is 6.29. The molecule has 6 nitrogen and oxygen atoms in total. The number of likely N-dealkylation sites (tertiary alicyclic amines) is 1. The van der Waals surface area contributed by atoms with Gasteiger partial charge in [-0.1, -0.05) is 38.2 Å². The maximum Gasteiger partial charge on any atom is 0.261 e. The number of piperidine rings is 1. The van der Waals surface area contributed by atoms with Crippen molar-refractivity contribution in [3.05, 3.63) is 23.8 Å².